The molecule has 0 aliphatic rings. The maximum Gasteiger partial charge on any atom is 0.499 e. The summed E-state index contributed by atoms with van der Waals surface area (Å²) in [7, 11) is -3.95. The van der Waals surface area contributed by atoms with E-state index >= 15 is 0 Å². The molecule has 6 heteroatoms. The fourth-order valence-electron chi connectivity index (χ4n) is 0.492. The minimum Gasteiger partial charge on any atom is -0.301 e. The lowest BCUT2D eigenvalue weighted by molar-refractivity contribution is -0.224. The van der Waals surface area contributed by atoms with Crippen molar-refractivity contribution in [3.05, 3.63) is 0 Å². The third kappa shape index (κ3) is 6.76. The quantitative estimate of drug-likeness (QED) is 0.293. The van der Waals surface area contributed by atoms with Crippen LogP contribution in [0, 0.1) is 0 Å². The molecule has 0 rings (SSSR count). The van der Waals surface area contributed by atoms with Gasteiger partial charge in [0.1, 0.15) is 0 Å². The van der Waals surface area contributed by atoms with Crippen LogP contribution < -0.4 is 0 Å². The van der Waals surface area contributed by atoms with Gasteiger partial charge in [0.25, 0.3) is 0 Å². The lowest BCUT2D eigenvalue weighted by Crippen LogP contribution is -1.97. The van der Waals surface area contributed by atoms with Crippen LogP contribution in [-0.2, 0) is 18.7 Å². The van der Waals surface area contributed by atoms with E-state index in [1.807, 2.05) is 6.92 Å². The summed E-state index contributed by atoms with van der Waals surface area (Å²) in [6.07, 6.45) is 1.72. The van der Waals surface area contributed by atoms with Crippen molar-refractivity contribution >= 4 is 7.82 Å². The number of unbranched alkanes of at least 4 members (excludes halogenated alkanes) is 1. The minimum atomic E-state index is -3.95. The van der Waals surface area contributed by atoms with Crippen LogP contribution >= 0.6 is 7.82 Å². The predicted octanol–water partition coefficient (Wildman–Crippen LogP) is 1.87. The second-order valence-electron chi connectivity index (χ2n) is 2.14. The smallest absolute Gasteiger partial charge is 0.301 e. The molecule has 0 saturated heterocycles. The van der Waals surface area contributed by atoms with Crippen molar-refractivity contribution in [2.45, 2.75) is 26.7 Å². The number of hydrogen-bond donors (Lipinski definition) is 1. The van der Waals surface area contributed by atoms with Gasteiger partial charge in [0, 0.05) is 0 Å². The van der Waals surface area contributed by atoms with Gasteiger partial charge in [-0.15, -0.1) is 4.67 Å². The fourth-order valence-corrected chi connectivity index (χ4v) is 1.07. The van der Waals surface area contributed by atoms with Crippen molar-refractivity contribution in [3.63, 3.8) is 0 Å². The Morgan fingerprint density at radius 2 is 2.08 bits per heavy atom. The molecule has 0 spiro atoms. The second-order valence-corrected chi connectivity index (χ2v) is 3.48. The van der Waals surface area contributed by atoms with Crippen LogP contribution in [0.2, 0.25) is 0 Å². The molecule has 0 bridgehead atoms. The Morgan fingerprint density at radius 3 is 2.58 bits per heavy atom. The molecule has 0 aromatic carbocycles. The second kappa shape index (κ2) is 6.57. The molecule has 0 fully saturated rings. The first-order valence-corrected chi connectivity index (χ1v) is 5.40. The number of phosphoric ester groups is 1. The zero-order valence-electron chi connectivity index (χ0n) is 7.36. The highest BCUT2D eigenvalue weighted by Crippen LogP contribution is 2.42. The van der Waals surface area contributed by atoms with Crippen molar-refractivity contribution < 1.29 is 23.5 Å². The molecule has 0 amide bonds. The Morgan fingerprint density at radius 1 is 1.42 bits per heavy atom. The average Bonchev–Trinajstić information content (AvgIpc) is 1.98. The molecule has 0 aromatic heterocycles. The topological polar surface area (TPSA) is 65.0 Å². The standard InChI is InChI=1S/C6H15O5P/c1-3-5-6-9-11-12(7,8)10-4-2/h3-6H2,1-2H3,(H,7,8). The summed E-state index contributed by atoms with van der Waals surface area (Å²) >= 11 is 0. The maximum atomic E-state index is 10.8. The molecule has 5 nitrogen and oxygen atoms in total. The van der Waals surface area contributed by atoms with Gasteiger partial charge in [0.05, 0.1) is 13.2 Å². The Kier molecular flexibility index (Phi) is 6.61. The molecule has 1 atom stereocenters. The van der Waals surface area contributed by atoms with Gasteiger partial charge in [-0.2, -0.15) is 0 Å². The van der Waals surface area contributed by atoms with Crippen molar-refractivity contribution in [3.8, 4) is 0 Å². The first kappa shape index (κ1) is 12.1. The summed E-state index contributed by atoms with van der Waals surface area (Å²) in [6, 6.07) is 0. The molecular formula is C6H15O5P. The van der Waals surface area contributed by atoms with E-state index in [2.05, 4.69) is 14.1 Å². The molecule has 0 heterocycles. The van der Waals surface area contributed by atoms with Gasteiger partial charge in [0.2, 0.25) is 0 Å². The molecule has 0 saturated carbocycles. The van der Waals surface area contributed by atoms with Crippen LogP contribution in [0.25, 0.3) is 0 Å². The molecule has 0 radical (unpaired) electrons. The third-order valence-electron chi connectivity index (χ3n) is 1.02. The first-order valence-electron chi connectivity index (χ1n) is 3.91. The zero-order valence-corrected chi connectivity index (χ0v) is 8.25. The third-order valence-corrected chi connectivity index (χ3v) is 1.90. The van der Waals surface area contributed by atoms with E-state index in [4.69, 9.17) is 4.89 Å². The van der Waals surface area contributed by atoms with E-state index in [-0.39, 0.29) is 6.61 Å². The lowest BCUT2D eigenvalue weighted by atomic mass is 10.4. The van der Waals surface area contributed by atoms with Crippen LogP contribution in [0.1, 0.15) is 26.7 Å². The van der Waals surface area contributed by atoms with Crippen molar-refractivity contribution in [1.29, 1.82) is 0 Å². The molecule has 12 heavy (non-hydrogen) atoms. The van der Waals surface area contributed by atoms with E-state index in [9.17, 15) is 4.57 Å². The highest BCUT2D eigenvalue weighted by molar-refractivity contribution is 7.47. The summed E-state index contributed by atoms with van der Waals surface area (Å²) in [4.78, 5) is 13.3. The van der Waals surface area contributed by atoms with E-state index in [1.165, 1.54) is 0 Å². The van der Waals surface area contributed by atoms with Crippen LogP contribution in [0.4, 0.5) is 0 Å². The van der Waals surface area contributed by atoms with E-state index in [0.29, 0.717) is 6.61 Å². The number of rotatable bonds is 7. The predicted molar refractivity (Wildman–Crippen MR) is 43.4 cm³/mol. The van der Waals surface area contributed by atoms with Gasteiger partial charge in [-0.25, -0.2) is 9.45 Å². The van der Waals surface area contributed by atoms with Crippen molar-refractivity contribution in [2.75, 3.05) is 13.2 Å². The van der Waals surface area contributed by atoms with Gasteiger partial charge >= 0.3 is 7.82 Å². The van der Waals surface area contributed by atoms with Gasteiger partial charge in [-0.1, -0.05) is 13.3 Å². The minimum absolute atomic E-state index is 0.116. The van der Waals surface area contributed by atoms with E-state index in [0.717, 1.165) is 12.8 Å². The van der Waals surface area contributed by atoms with Crippen LogP contribution in [-0.4, -0.2) is 18.1 Å². The van der Waals surface area contributed by atoms with Crippen LogP contribution in [0.5, 0.6) is 0 Å². The Bertz CT molecular complexity index is 149. The molecule has 1 unspecified atom stereocenters. The van der Waals surface area contributed by atoms with Crippen LogP contribution in [0.15, 0.2) is 0 Å². The summed E-state index contributed by atoms with van der Waals surface area (Å²) in [5, 5.41) is 0. The lowest BCUT2D eigenvalue weighted by Gasteiger charge is -2.08. The Hall–Kier alpha value is 0.0700. The highest BCUT2D eigenvalue weighted by Gasteiger charge is 2.20. The number of hydrogen-bond acceptors (Lipinski definition) is 4. The molecule has 0 aliphatic carbocycles. The summed E-state index contributed by atoms with van der Waals surface area (Å²) in [5.74, 6) is 0. The fraction of sp³-hybridized carbons (Fsp3) is 1.00. The molecule has 0 aliphatic heterocycles. The first-order chi connectivity index (χ1) is 5.62. The van der Waals surface area contributed by atoms with Crippen molar-refractivity contribution in [2.24, 2.45) is 0 Å². The van der Waals surface area contributed by atoms with E-state index in [1.54, 1.807) is 6.92 Å². The summed E-state index contributed by atoms with van der Waals surface area (Å²) in [5.41, 5.74) is 0. The average molecular weight is 198 g/mol. The molecular weight excluding hydrogens is 183 g/mol. The SMILES string of the molecule is CCCCOOP(=O)(O)OCC. The van der Waals surface area contributed by atoms with E-state index < -0.39 is 7.82 Å². The summed E-state index contributed by atoms with van der Waals surface area (Å²) < 4.78 is 19.3. The maximum absolute atomic E-state index is 10.8. The summed E-state index contributed by atoms with van der Waals surface area (Å²) in [6.45, 7) is 3.99. The monoisotopic (exact) mass is 198 g/mol. The van der Waals surface area contributed by atoms with Crippen LogP contribution in [0.3, 0.4) is 0 Å². The molecule has 1 N–H and O–H groups in total. The highest BCUT2D eigenvalue weighted by atomic mass is 31.2. The van der Waals surface area contributed by atoms with Gasteiger partial charge < -0.3 is 4.89 Å². The molecule has 0 aromatic rings. The zero-order chi connectivity index (χ0) is 9.45. The number of phosphoric acid groups is 1. The normalized spacial score (nSPS) is 15.9. The molecule has 74 valence electrons. The van der Waals surface area contributed by atoms with Gasteiger partial charge in [0.15, 0.2) is 0 Å². The van der Waals surface area contributed by atoms with Crippen molar-refractivity contribution in [1.82, 2.24) is 0 Å². The Balaban J connectivity index is 3.41. The Labute approximate surface area is 72.2 Å². The largest absolute Gasteiger partial charge is 0.499 e. The van der Waals surface area contributed by atoms with Gasteiger partial charge in [-0.3, -0.25) is 4.52 Å². The van der Waals surface area contributed by atoms with Gasteiger partial charge in [-0.05, 0) is 13.3 Å².